The number of amides is 1. The van der Waals surface area contributed by atoms with E-state index in [2.05, 4.69) is 60.5 Å². The third kappa shape index (κ3) is 4.39. The SMILES string of the molecule is CC(C)c1ccc(NC(=O)OC2CCCN(C3Cc4ccccc4C3)C2)cc1. The Labute approximate surface area is 167 Å². The minimum atomic E-state index is -0.348. The number of carbonyl (C=O) groups excluding carboxylic acids is 1. The molecular weight excluding hydrogens is 348 g/mol. The second kappa shape index (κ2) is 8.36. The Morgan fingerprint density at radius 3 is 2.39 bits per heavy atom. The molecule has 1 unspecified atom stereocenters. The molecule has 1 amide bonds. The number of nitrogens with zero attached hydrogens (tertiary/aromatic N) is 1. The quantitative estimate of drug-likeness (QED) is 0.815. The van der Waals surface area contributed by atoms with E-state index in [0.717, 1.165) is 44.5 Å². The van der Waals surface area contributed by atoms with Gasteiger partial charge in [0, 0.05) is 18.3 Å². The lowest BCUT2D eigenvalue weighted by Gasteiger charge is -2.36. The second-order valence-corrected chi connectivity index (χ2v) is 8.40. The van der Waals surface area contributed by atoms with Crippen LogP contribution in [0.5, 0.6) is 0 Å². The molecule has 28 heavy (non-hydrogen) atoms. The van der Waals surface area contributed by atoms with Gasteiger partial charge >= 0.3 is 6.09 Å². The molecule has 0 bridgehead atoms. The van der Waals surface area contributed by atoms with Gasteiger partial charge in [0.05, 0.1) is 0 Å². The van der Waals surface area contributed by atoms with Gasteiger partial charge in [-0.15, -0.1) is 0 Å². The van der Waals surface area contributed by atoms with Crippen molar-refractivity contribution in [2.75, 3.05) is 18.4 Å². The maximum Gasteiger partial charge on any atom is 0.411 e. The van der Waals surface area contributed by atoms with Gasteiger partial charge in [-0.2, -0.15) is 0 Å². The molecule has 1 fully saturated rings. The number of likely N-dealkylation sites (tertiary alicyclic amines) is 1. The molecule has 4 rings (SSSR count). The van der Waals surface area contributed by atoms with Crippen molar-refractivity contribution in [3.63, 3.8) is 0 Å². The molecule has 1 atom stereocenters. The predicted octanol–water partition coefficient (Wildman–Crippen LogP) is 4.99. The fourth-order valence-electron chi connectivity index (χ4n) is 4.44. The molecule has 1 aliphatic heterocycles. The van der Waals surface area contributed by atoms with Crippen molar-refractivity contribution in [2.45, 2.75) is 57.6 Å². The molecule has 4 nitrogen and oxygen atoms in total. The van der Waals surface area contributed by atoms with E-state index in [4.69, 9.17) is 4.74 Å². The number of anilines is 1. The summed E-state index contributed by atoms with van der Waals surface area (Å²) in [5.74, 6) is 0.482. The molecular formula is C24H30N2O2. The van der Waals surface area contributed by atoms with Crippen LogP contribution in [0, 0.1) is 0 Å². The maximum absolute atomic E-state index is 12.4. The lowest BCUT2D eigenvalue weighted by molar-refractivity contribution is 0.0339. The first-order valence-corrected chi connectivity index (χ1v) is 10.5. The van der Waals surface area contributed by atoms with Crippen LogP contribution in [0.3, 0.4) is 0 Å². The van der Waals surface area contributed by atoms with Crippen LogP contribution in [0.15, 0.2) is 48.5 Å². The van der Waals surface area contributed by atoms with E-state index in [1.165, 1.54) is 16.7 Å². The van der Waals surface area contributed by atoms with E-state index < -0.39 is 0 Å². The highest BCUT2D eigenvalue weighted by molar-refractivity contribution is 5.84. The normalized spacial score (nSPS) is 20.2. The lowest BCUT2D eigenvalue weighted by Crippen LogP contribution is -2.46. The Bertz CT molecular complexity index is 791. The topological polar surface area (TPSA) is 41.6 Å². The molecule has 0 saturated carbocycles. The minimum Gasteiger partial charge on any atom is -0.445 e. The minimum absolute atomic E-state index is 0.0348. The summed E-state index contributed by atoms with van der Waals surface area (Å²) in [5.41, 5.74) is 4.99. The van der Waals surface area contributed by atoms with E-state index >= 15 is 0 Å². The molecule has 1 N–H and O–H groups in total. The van der Waals surface area contributed by atoms with Crippen LogP contribution >= 0.6 is 0 Å². The van der Waals surface area contributed by atoms with Crippen molar-refractivity contribution in [1.82, 2.24) is 4.90 Å². The Morgan fingerprint density at radius 1 is 1.07 bits per heavy atom. The van der Waals surface area contributed by atoms with Crippen molar-refractivity contribution >= 4 is 11.8 Å². The van der Waals surface area contributed by atoms with Crippen LogP contribution < -0.4 is 5.32 Å². The predicted molar refractivity (Wildman–Crippen MR) is 113 cm³/mol. The van der Waals surface area contributed by atoms with Crippen molar-refractivity contribution in [3.05, 3.63) is 65.2 Å². The Kier molecular flexibility index (Phi) is 5.67. The highest BCUT2D eigenvalue weighted by Gasteiger charge is 2.31. The Balaban J connectivity index is 1.29. The van der Waals surface area contributed by atoms with Crippen LogP contribution in [-0.4, -0.2) is 36.2 Å². The van der Waals surface area contributed by atoms with Crippen LogP contribution in [0.4, 0.5) is 10.5 Å². The van der Waals surface area contributed by atoms with Crippen LogP contribution in [0.1, 0.15) is 49.3 Å². The highest BCUT2D eigenvalue weighted by Crippen LogP contribution is 2.28. The zero-order valence-corrected chi connectivity index (χ0v) is 16.9. The smallest absolute Gasteiger partial charge is 0.411 e. The number of ether oxygens (including phenoxy) is 1. The first-order chi connectivity index (χ1) is 13.6. The standard InChI is InChI=1S/C24H30N2O2/c1-17(2)18-9-11-21(12-10-18)25-24(27)28-23-8-5-13-26(16-23)22-14-19-6-3-4-7-20(19)15-22/h3-4,6-7,9-12,17,22-23H,5,8,13-16H2,1-2H3,(H,25,27). The Morgan fingerprint density at radius 2 is 1.75 bits per heavy atom. The second-order valence-electron chi connectivity index (χ2n) is 8.40. The van der Waals surface area contributed by atoms with Crippen molar-refractivity contribution < 1.29 is 9.53 Å². The molecule has 1 saturated heterocycles. The number of benzene rings is 2. The van der Waals surface area contributed by atoms with E-state index in [9.17, 15) is 4.79 Å². The average molecular weight is 379 g/mol. The number of hydrogen-bond acceptors (Lipinski definition) is 3. The van der Waals surface area contributed by atoms with Crippen molar-refractivity contribution in [3.8, 4) is 0 Å². The summed E-state index contributed by atoms with van der Waals surface area (Å²) in [4.78, 5) is 14.9. The summed E-state index contributed by atoms with van der Waals surface area (Å²) in [6, 6.07) is 17.3. The number of rotatable bonds is 4. The molecule has 2 aliphatic rings. The first kappa shape index (κ1) is 19.0. The van der Waals surface area contributed by atoms with Gasteiger partial charge in [0.1, 0.15) is 6.10 Å². The molecule has 1 aliphatic carbocycles. The lowest BCUT2D eigenvalue weighted by atomic mass is 10.0. The maximum atomic E-state index is 12.4. The third-order valence-corrected chi connectivity index (χ3v) is 6.05. The molecule has 148 valence electrons. The number of fused-ring (bicyclic) bond motifs is 1. The van der Waals surface area contributed by atoms with Crippen molar-refractivity contribution in [2.24, 2.45) is 0 Å². The number of piperidine rings is 1. The monoisotopic (exact) mass is 378 g/mol. The zero-order chi connectivity index (χ0) is 19.5. The zero-order valence-electron chi connectivity index (χ0n) is 16.9. The number of nitrogens with one attached hydrogen (secondary N) is 1. The summed E-state index contributed by atoms with van der Waals surface area (Å²) in [6.07, 6.45) is 3.85. The van der Waals surface area contributed by atoms with Gasteiger partial charge in [-0.3, -0.25) is 10.2 Å². The largest absolute Gasteiger partial charge is 0.445 e. The fourth-order valence-corrected chi connectivity index (χ4v) is 4.44. The molecule has 0 radical (unpaired) electrons. The summed E-state index contributed by atoms with van der Waals surface area (Å²) < 4.78 is 5.75. The van der Waals surface area contributed by atoms with Gasteiger partial charge in [0.15, 0.2) is 0 Å². The van der Waals surface area contributed by atoms with Gasteiger partial charge in [0.25, 0.3) is 0 Å². The fraction of sp³-hybridized carbons (Fsp3) is 0.458. The van der Waals surface area contributed by atoms with Crippen LogP contribution in [0.25, 0.3) is 0 Å². The number of hydrogen-bond donors (Lipinski definition) is 1. The van der Waals surface area contributed by atoms with Crippen LogP contribution in [0.2, 0.25) is 0 Å². The molecule has 1 heterocycles. The summed E-state index contributed by atoms with van der Waals surface area (Å²) in [5, 5.41) is 2.87. The van der Waals surface area contributed by atoms with Crippen LogP contribution in [-0.2, 0) is 17.6 Å². The molecule has 2 aromatic rings. The van der Waals surface area contributed by atoms with Gasteiger partial charge in [0.2, 0.25) is 0 Å². The summed E-state index contributed by atoms with van der Waals surface area (Å²) in [6.45, 7) is 6.25. The average Bonchev–Trinajstić information content (AvgIpc) is 3.13. The first-order valence-electron chi connectivity index (χ1n) is 10.5. The van der Waals surface area contributed by atoms with E-state index in [0.29, 0.717) is 12.0 Å². The van der Waals surface area contributed by atoms with E-state index in [1.807, 2.05) is 12.1 Å². The van der Waals surface area contributed by atoms with Gasteiger partial charge in [-0.1, -0.05) is 50.2 Å². The summed E-state index contributed by atoms with van der Waals surface area (Å²) >= 11 is 0. The molecule has 4 heteroatoms. The number of carbonyl (C=O) groups is 1. The molecule has 2 aromatic carbocycles. The van der Waals surface area contributed by atoms with Crippen molar-refractivity contribution in [1.29, 1.82) is 0 Å². The third-order valence-electron chi connectivity index (χ3n) is 6.05. The molecule has 0 spiro atoms. The molecule has 0 aromatic heterocycles. The van der Waals surface area contributed by atoms with Gasteiger partial charge in [-0.25, -0.2) is 4.79 Å². The summed E-state index contributed by atoms with van der Waals surface area (Å²) in [7, 11) is 0. The Hall–Kier alpha value is -2.33. The van der Waals surface area contributed by atoms with Gasteiger partial charge in [-0.05, 0) is 67.0 Å². The highest BCUT2D eigenvalue weighted by atomic mass is 16.6. The van der Waals surface area contributed by atoms with Gasteiger partial charge < -0.3 is 4.74 Å². The van der Waals surface area contributed by atoms with E-state index in [-0.39, 0.29) is 12.2 Å². The van der Waals surface area contributed by atoms with E-state index in [1.54, 1.807) is 0 Å².